The zero-order valence-corrected chi connectivity index (χ0v) is 34.9. The molecule has 0 spiro atoms. The Kier molecular flexibility index (Phi) is 17.9. The number of rotatable bonds is 7. The number of benzene rings is 5. The van der Waals surface area contributed by atoms with Gasteiger partial charge < -0.3 is 16.6 Å². The molecule has 11 heteroatoms. The SMILES string of the molecule is C.Cc1ccc(S(=O)(=O)C(C#N)c2ccccc2)cc1.N#CC(c1ccccc1)c1ccc(-c2cc3c(N)ncc(C(N)=O)c3s2)cc1.OC1CCCCC1.c1ccccc1. The molecule has 0 bridgehead atoms. The van der Waals surface area contributed by atoms with Crippen molar-refractivity contribution in [1.82, 2.24) is 4.98 Å². The monoisotopic (exact) mass is 849 g/mol. The number of nitrogen functional groups attached to an aromatic ring is 1. The maximum atomic E-state index is 12.5. The fourth-order valence-electron chi connectivity index (χ4n) is 6.47. The fourth-order valence-corrected chi connectivity index (χ4v) is 9.10. The van der Waals surface area contributed by atoms with Crippen molar-refractivity contribution in [2.45, 2.75) is 68.6 Å². The number of nitriles is 2. The number of carbonyl (C=O) groups is 1. The molecule has 61 heavy (non-hydrogen) atoms. The van der Waals surface area contributed by atoms with Gasteiger partial charge in [0, 0.05) is 16.5 Å². The third kappa shape index (κ3) is 12.9. The Morgan fingerprint density at radius 1 is 0.754 bits per heavy atom. The number of primary amides is 1. The molecule has 5 N–H and O–H groups in total. The first kappa shape index (κ1) is 47.1. The van der Waals surface area contributed by atoms with Gasteiger partial charge in [0.05, 0.1) is 39.3 Å². The summed E-state index contributed by atoms with van der Waals surface area (Å²) in [7, 11) is -3.68. The van der Waals surface area contributed by atoms with Crippen LogP contribution in [0.3, 0.4) is 0 Å². The minimum absolute atomic E-state index is 0. The van der Waals surface area contributed by atoms with E-state index in [2.05, 4.69) is 11.1 Å². The third-order valence-corrected chi connectivity index (χ3v) is 12.9. The number of aromatic nitrogens is 1. The Morgan fingerprint density at radius 2 is 1.26 bits per heavy atom. The van der Waals surface area contributed by atoms with Crippen molar-refractivity contribution in [3.8, 4) is 22.6 Å². The average Bonchev–Trinajstić information content (AvgIpc) is 3.73. The lowest BCUT2D eigenvalue weighted by Crippen LogP contribution is -2.12. The molecule has 1 aliphatic carbocycles. The van der Waals surface area contributed by atoms with E-state index in [1.54, 1.807) is 42.5 Å². The predicted octanol–water partition coefficient (Wildman–Crippen LogP) is 11.0. The Hall–Kier alpha value is -6.63. The van der Waals surface area contributed by atoms with Gasteiger partial charge >= 0.3 is 0 Å². The minimum Gasteiger partial charge on any atom is -0.393 e. The van der Waals surface area contributed by atoms with Crippen molar-refractivity contribution in [3.63, 3.8) is 0 Å². The largest absolute Gasteiger partial charge is 0.393 e. The number of aliphatic hydroxyl groups is 1. The maximum Gasteiger partial charge on any atom is 0.251 e. The normalized spacial score (nSPS) is 13.0. The molecule has 9 nitrogen and oxygen atoms in total. The molecule has 1 aliphatic rings. The molecule has 312 valence electrons. The number of pyridine rings is 1. The average molecular weight is 850 g/mol. The van der Waals surface area contributed by atoms with Crippen LogP contribution >= 0.6 is 11.3 Å². The Balaban J connectivity index is 0.000000212. The zero-order valence-electron chi connectivity index (χ0n) is 33.3. The van der Waals surface area contributed by atoms with E-state index in [9.17, 15) is 23.7 Å². The molecular weight excluding hydrogens is 799 g/mol. The van der Waals surface area contributed by atoms with Gasteiger partial charge in [0.2, 0.25) is 0 Å². The van der Waals surface area contributed by atoms with Crippen LogP contribution in [0.25, 0.3) is 20.5 Å². The smallest absolute Gasteiger partial charge is 0.251 e. The van der Waals surface area contributed by atoms with Crippen molar-refractivity contribution < 1.29 is 18.3 Å². The molecule has 2 heterocycles. The molecule has 8 rings (SSSR count). The van der Waals surface area contributed by atoms with Gasteiger partial charge in [-0.15, -0.1) is 11.3 Å². The van der Waals surface area contributed by atoms with Crippen LogP contribution in [0.5, 0.6) is 0 Å². The topological polar surface area (TPSA) is 184 Å². The number of aryl methyl sites for hydroxylation is 1. The molecule has 5 aromatic carbocycles. The van der Waals surface area contributed by atoms with E-state index in [-0.39, 0.29) is 24.3 Å². The number of amides is 1. The summed E-state index contributed by atoms with van der Waals surface area (Å²) in [5, 5.41) is 27.3. The molecule has 1 saturated carbocycles. The van der Waals surface area contributed by atoms with Crippen molar-refractivity contribution in [1.29, 1.82) is 10.5 Å². The number of nitrogens with zero attached hydrogens (tertiary/aromatic N) is 3. The fraction of sp³-hybridized carbons (Fsp3) is 0.200. The first-order chi connectivity index (χ1) is 29.0. The quantitative estimate of drug-likeness (QED) is 0.141. The summed E-state index contributed by atoms with van der Waals surface area (Å²) >= 11 is 1.45. The van der Waals surface area contributed by atoms with Gasteiger partial charge in [-0.05, 0) is 60.2 Å². The first-order valence-corrected chi connectivity index (χ1v) is 21.9. The lowest BCUT2D eigenvalue weighted by Gasteiger charge is -2.14. The van der Waals surface area contributed by atoms with Crippen LogP contribution in [0.4, 0.5) is 5.82 Å². The Bertz CT molecular complexity index is 2590. The minimum atomic E-state index is -3.68. The van der Waals surface area contributed by atoms with Crippen LogP contribution < -0.4 is 11.5 Å². The highest BCUT2D eigenvalue weighted by atomic mass is 32.2. The molecule has 1 fully saturated rings. The van der Waals surface area contributed by atoms with E-state index < -0.39 is 21.0 Å². The van der Waals surface area contributed by atoms with Crippen molar-refractivity contribution >= 4 is 43.0 Å². The molecule has 1 amide bonds. The molecule has 0 radical (unpaired) electrons. The summed E-state index contributed by atoms with van der Waals surface area (Å²) in [5.41, 5.74) is 16.1. The van der Waals surface area contributed by atoms with Gasteiger partial charge in [0.15, 0.2) is 15.1 Å². The lowest BCUT2D eigenvalue weighted by molar-refractivity contribution is 0.100. The second-order valence-electron chi connectivity index (χ2n) is 14.1. The summed E-state index contributed by atoms with van der Waals surface area (Å²) in [5.74, 6) is -0.479. The van der Waals surface area contributed by atoms with Gasteiger partial charge in [0.25, 0.3) is 5.91 Å². The molecule has 2 aromatic heterocycles. The van der Waals surface area contributed by atoms with Crippen LogP contribution in [-0.4, -0.2) is 30.5 Å². The summed E-state index contributed by atoms with van der Waals surface area (Å²) in [6.45, 7) is 1.88. The van der Waals surface area contributed by atoms with Gasteiger partial charge in [0.1, 0.15) is 5.82 Å². The highest BCUT2D eigenvalue weighted by Gasteiger charge is 2.28. The van der Waals surface area contributed by atoms with Crippen LogP contribution in [0.1, 0.15) is 83.3 Å². The second-order valence-corrected chi connectivity index (χ2v) is 17.2. The number of sulfone groups is 1. The van der Waals surface area contributed by atoms with Crippen molar-refractivity contribution in [2.24, 2.45) is 5.73 Å². The lowest BCUT2D eigenvalue weighted by atomic mass is 9.92. The molecular formula is C50H51N5O4S2. The molecule has 0 saturated heterocycles. The van der Waals surface area contributed by atoms with E-state index in [4.69, 9.17) is 16.6 Å². The van der Waals surface area contributed by atoms with E-state index in [1.807, 2.05) is 110 Å². The third-order valence-electron chi connectivity index (χ3n) is 9.76. The van der Waals surface area contributed by atoms with Gasteiger partial charge in [-0.2, -0.15) is 10.5 Å². The van der Waals surface area contributed by atoms with Crippen LogP contribution in [0.2, 0.25) is 0 Å². The van der Waals surface area contributed by atoms with Crippen molar-refractivity contribution in [3.05, 3.63) is 186 Å². The van der Waals surface area contributed by atoms with Crippen molar-refractivity contribution in [2.75, 3.05) is 5.73 Å². The standard InChI is InChI=1S/C22H16N4OS.C15H13NO2S.C6H12O.C6H6.CH4/c23-11-17(13-4-2-1-3-5-13)14-6-8-15(9-7-14)19-10-16-20(28-19)18(22(25)27)12-26-21(16)24;1-12-7-9-14(10-8-12)19(17,18)15(11-16)13-5-3-2-4-6-13;7-6-4-2-1-3-5-6;1-2-4-6-5-3-1;/h1-10,12,17H,(H2,24,26)(H2,25,27);2-10,15H,1H3;6-7H,1-5H2;1-6H;1H4. The Morgan fingerprint density at radius 3 is 1.74 bits per heavy atom. The molecule has 7 aromatic rings. The summed E-state index contributed by atoms with van der Waals surface area (Å²) in [4.78, 5) is 16.9. The number of thiophene rings is 1. The van der Waals surface area contributed by atoms with E-state index in [1.165, 1.54) is 48.9 Å². The molecule has 0 aliphatic heterocycles. The van der Waals surface area contributed by atoms with E-state index in [0.717, 1.165) is 50.1 Å². The number of carbonyl (C=O) groups excluding carboxylic acids is 1. The number of hydrogen-bond donors (Lipinski definition) is 3. The number of anilines is 1. The molecule has 2 atom stereocenters. The number of fused-ring (bicyclic) bond motifs is 1. The summed E-state index contributed by atoms with van der Waals surface area (Å²) < 4.78 is 25.6. The van der Waals surface area contributed by atoms with Crippen LogP contribution in [0, 0.1) is 29.6 Å². The predicted molar refractivity (Wildman–Crippen MR) is 247 cm³/mol. The van der Waals surface area contributed by atoms with E-state index in [0.29, 0.717) is 16.9 Å². The number of aliphatic hydroxyl groups excluding tert-OH is 1. The summed E-state index contributed by atoms with van der Waals surface area (Å²) in [6.07, 6.45) is 7.34. The van der Waals surface area contributed by atoms with Gasteiger partial charge in [-0.3, -0.25) is 4.79 Å². The number of hydrogen-bond acceptors (Lipinski definition) is 9. The summed E-state index contributed by atoms with van der Waals surface area (Å²) in [6, 6.07) is 50.8. The Labute approximate surface area is 363 Å². The van der Waals surface area contributed by atoms with Crippen LogP contribution in [-0.2, 0) is 9.84 Å². The highest BCUT2D eigenvalue weighted by molar-refractivity contribution is 7.92. The highest BCUT2D eigenvalue weighted by Crippen LogP contribution is 2.38. The van der Waals surface area contributed by atoms with Gasteiger partial charge in [-0.25, -0.2) is 13.4 Å². The number of nitrogens with two attached hydrogens (primary N) is 2. The molecule has 2 unspecified atom stereocenters. The second kappa shape index (κ2) is 23.2. The van der Waals surface area contributed by atoms with E-state index >= 15 is 0 Å². The maximum absolute atomic E-state index is 12.5. The first-order valence-electron chi connectivity index (χ1n) is 19.5. The van der Waals surface area contributed by atoms with Gasteiger partial charge in [-0.1, -0.05) is 166 Å². The zero-order chi connectivity index (χ0) is 42.9. The van der Waals surface area contributed by atoms with Crippen LogP contribution in [0.15, 0.2) is 163 Å².